The molecule has 2 N–H and O–H groups in total. The summed E-state index contributed by atoms with van der Waals surface area (Å²) in [4.78, 5) is 31.0. The predicted octanol–water partition coefficient (Wildman–Crippen LogP) is 11.6. The van der Waals surface area contributed by atoms with Gasteiger partial charge >= 0.3 is 21.2 Å². The quantitative estimate of drug-likeness (QED) is 0.0656. The van der Waals surface area contributed by atoms with Crippen LogP contribution in [0, 0.1) is 6.92 Å². The number of aryl methyl sites for hydroxylation is 1. The van der Waals surface area contributed by atoms with Crippen LogP contribution in [0.2, 0.25) is 0 Å². The molecule has 3 aromatic heterocycles. The number of rotatable bonds is 17. The topological polar surface area (TPSA) is 173 Å². The Morgan fingerprint density at radius 2 is 1.24 bits per heavy atom. The summed E-state index contributed by atoms with van der Waals surface area (Å²) in [6, 6.07) is 23.2. The van der Waals surface area contributed by atoms with Crippen LogP contribution in [0.15, 0.2) is 72.8 Å². The summed E-state index contributed by atoms with van der Waals surface area (Å²) in [6.45, 7) is 13.5. The Bertz CT molecular complexity index is 2720. The maximum atomic E-state index is 14.0. The van der Waals surface area contributed by atoms with Gasteiger partial charge in [0.25, 0.3) is 0 Å². The SMILES string of the molecule is CCOP(=O)(COc1cc(C(=O)OC)cc(OCP(=O)(OCC)OCC)c1-c1c2nc(cc3ccc(cc4nc(c(-c5ccc(C)cc5)c5ccc1[nH]5)C=C4)[nH]3)C(C)(C)C2)OCC. The van der Waals surface area contributed by atoms with Crippen LogP contribution in [0.1, 0.15) is 80.2 Å². The first kappa shape index (κ1) is 45.7. The summed E-state index contributed by atoms with van der Waals surface area (Å²) in [5, 5.41) is 0. The van der Waals surface area contributed by atoms with Crippen molar-refractivity contribution in [3.8, 4) is 33.8 Å². The molecule has 14 nitrogen and oxygen atoms in total. The molecule has 2 aliphatic rings. The number of fused-ring (bicyclic) bond motifs is 8. The summed E-state index contributed by atoms with van der Waals surface area (Å²) in [6.07, 6.45) is 3.40. The third kappa shape index (κ3) is 10.2. The molecule has 2 aromatic carbocycles. The summed E-state index contributed by atoms with van der Waals surface area (Å²) < 4.78 is 68.6. The first-order chi connectivity index (χ1) is 30.2. The third-order valence-electron chi connectivity index (χ3n) is 10.5. The Kier molecular flexibility index (Phi) is 13.9. The van der Waals surface area contributed by atoms with E-state index in [4.69, 9.17) is 42.3 Å². The number of aromatic amines is 2. The van der Waals surface area contributed by atoms with E-state index in [1.54, 1.807) is 27.7 Å². The second-order valence-corrected chi connectivity index (χ2v) is 19.6. The van der Waals surface area contributed by atoms with Gasteiger partial charge in [-0.15, -0.1) is 0 Å². The molecule has 332 valence electrons. The van der Waals surface area contributed by atoms with Gasteiger partial charge in [0, 0.05) is 50.7 Å². The lowest BCUT2D eigenvalue weighted by Gasteiger charge is -2.23. The molecule has 0 radical (unpaired) electrons. The molecular weight excluding hydrogens is 842 g/mol. The molecule has 0 aliphatic carbocycles. The number of methoxy groups -OCH3 is 1. The number of aromatic nitrogens is 4. The molecule has 0 saturated carbocycles. The molecule has 0 unspecified atom stereocenters. The number of hydrogen-bond donors (Lipinski definition) is 2. The Hall–Kier alpha value is -5.33. The molecule has 0 saturated heterocycles. The molecule has 2 aliphatic heterocycles. The van der Waals surface area contributed by atoms with Crippen LogP contribution in [-0.2, 0) is 43.8 Å². The van der Waals surface area contributed by atoms with E-state index in [-0.39, 0.29) is 43.5 Å². The monoisotopic (exact) mass is 896 g/mol. The normalized spacial score (nSPS) is 13.6. The van der Waals surface area contributed by atoms with Gasteiger partial charge in [-0.25, -0.2) is 9.78 Å². The number of carbonyl (C=O) groups excluding carboxylic acids is 1. The Morgan fingerprint density at radius 3 is 1.79 bits per heavy atom. The lowest BCUT2D eigenvalue weighted by Crippen LogP contribution is -2.15. The highest BCUT2D eigenvalue weighted by molar-refractivity contribution is 7.53. The average Bonchev–Trinajstić information content (AvgIpc) is 4.07. The fourth-order valence-electron chi connectivity index (χ4n) is 7.61. The van der Waals surface area contributed by atoms with Crippen molar-refractivity contribution in [3.05, 3.63) is 107 Å². The van der Waals surface area contributed by atoms with E-state index >= 15 is 0 Å². The number of ether oxygens (including phenoxy) is 3. The van der Waals surface area contributed by atoms with E-state index in [1.165, 1.54) is 19.2 Å². The highest BCUT2D eigenvalue weighted by Gasteiger charge is 2.35. The minimum Gasteiger partial charge on any atom is -0.480 e. The van der Waals surface area contributed by atoms with Crippen LogP contribution in [0.5, 0.6) is 11.5 Å². The van der Waals surface area contributed by atoms with Gasteiger partial charge in [0.2, 0.25) is 0 Å². The smallest absolute Gasteiger partial charge is 0.367 e. The maximum absolute atomic E-state index is 14.0. The van der Waals surface area contributed by atoms with Gasteiger partial charge < -0.3 is 42.3 Å². The largest absolute Gasteiger partial charge is 0.480 e. The van der Waals surface area contributed by atoms with Crippen molar-refractivity contribution in [1.29, 1.82) is 0 Å². The molecule has 8 bridgehead atoms. The molecule has 0 amide bonds. The minimum absolute atomic E-state index is 0.0410. The molecule has 0 spiro atoms. The zero-order valence-electron chi connectivity index (χ0n) is 36.9. The molecule has 7 rings (SSSR count). The van der Waals surface area contributed by atoms with Gasteiger partial charge in [-0.3, -0.25) is 14.1 Å². The standard InChI is InChI=1S/C47H54N4O10P2/c1-9-58-62(53,59-10-2)28-56-40-23-32(46(52)55-8)24-41(57-29-63(54,60-11-3)61-12-4)45(40)44-38-22-21-37(50-38)43(31-15-13-30(5)14-16-31)36-20-19-34(49-36)25-33-17-18-35(48-33)26-42-47(6,7)27-39(44)51-42/h13-26,48,50H,9-12,27-29H2,1-8H3. The van der Waals surface area contributed by atoms with Crippen LogP contribution in [0.3, 0.4) is 0 Å². The molecule has 5 aromatic rings. The van der Waals surface area contributed by atoms with Crippen molar-refractivity contribution in [2.45, 2.75) is 60.3 Å². The van der Waals surface area contributed by atoms with Crippen LogP contribution >= 0.6 is 15.2 Å². The molecular formula is C47H54N4O10P2. The molecule has 5 heterocycles. The second kappa shape index (κ2) is 19.2. The number of nitrogens with zero attached hydrogens (tertiary/aromatic N) is 2. The average molecular weight is 897 g/mol. The fraction of sp³-hybridized carbons (Fsp3) is 0.340. The van der Waals surface area contributed by atoms with Crippen molar-refractivity contribution < 1.29 is 46.2 Å². The number of H-pyrrole nitrogens is 2. The summed E-state index contributed by atoms with van der Waals surface area (Å²) >= 11 is 0. The Balaban J connectivity index is 1.62. The second-order valence-electron chi connectivity index (χ2n) is 15.6. The van der Waals surface area contributed by atoms with Gasteiger partial charge in [0.1, 0.15) is 11.5 Å². The first-order valence-electron chi connectivity index (χ1n) is 21.0. The van der Waals surface area contributed by atoms with Gasteiger partial charge in [-0.05, 0) is 101 Å². The van der Waals surface area contributed by atoms with Gasteiger partial charge in [0.15, 0.2) is 12.7 Å². The van der Waals surface area contributed by atoms with E-state index in [9.17, 15) is 13.9 Å². The van der Waals surface area contributed by atoms with Crippen molar-refractivity contribution in [2.24, 2.45) is 0 Å². The number of carbonyl (C=O) groups is 1. The van der Waals surface area contributed by atoms with Crippen LogP contribution in [-0.4, -0.2) is 72.1 Å². The van der Waals surface area contributed by atoms with Gasteiger partial charge in [-0.1, -0.05) is 43.7 Å². The molecule has 63 heavy (non-hydrogen) atoms. The lowest BCUT2D eigenvalue weighted by molar-refractivity contribution is 0.0600. The van der Waals surface area contributed by atoms with Crippen LogP contribution in [0.4, 0.5) is 0 Å². The van der Waals surface area contributed by atoms with Crippen molar-refractivity contribution in [2.75, 3.05) is 46.2 Å². The van der Waals surface area contributed by atoms with E-state index in [2.05, 4.69) is 48.1 Å². The Labute approximate surface area is 367 Å². The highest BCUT2D eigenvalue weighted by Crippen LogP contribution is 2.53. The minimum atomic E-state index is -3.83. The zero-order valence-corrected chi connectivity index (χ0v) is 38.7. The lowest BCUT2D eigenvalue weighted by atomic mass is 9.85. The maximum Gasteiger partial charge on any atom is 0.367 e. The fourth-order valence-corrected chi connectivity index (χ4v) is 10.2. The number of nitrogens with one attached hydrogen (secondary N) is 2. The van der Waals surface area contributed by atoms with Crippen LogP contribution in [0.25, 0.3) is 56.5 Å². The molecule has 0 atom stereocenters. The van der Waals surface area contributed by atoms with Crippen LogP contribution < -0.4 is 9.47 Å². The molecule has 16 heteroatoms. The van der Waals surface area contributed by atoms with Gasteiger partial charge in [0.05, 0.1) is 61.7 Å². The highest BCUT2D eigenvalue weighted by atomic mass is 31.2. The number of esters is 1. The first-order valence-corrected chi connectivity index (χ1v) is 24.4. The predicted molar refractivity (Wildman–Crippen MR) is 246 cm³/mol. The Morgan fingerprint density at radius 1 is 0.683 bits per heavy atom. The van der Waals surface area contributed by atoms with Gasteiger partial charge in [-0.2, -0.15) is 0 Å². The van der Waals surface area contributed by atoms with Crippen molar-refractivity contribution in [1.82, 2.24) is 19.9 Å². The molecule has 0 fully saturated rings. The summed E-state index contributed by atoms with van der Waals surface area (Å²) in [5.74, 6) is -0.561. The van der Waals surface area contributed by atoms with Crippen molar-refractivity contribution >= 4 is 55.4 Å². The summed E-state index contributed by atoms with van der Waals surface area (Å²) in [7, 11) is -6.40. The number of benzene rings is 2. The van der Waals surface area contributed by atoms with E-state index in [0.717, 1.165) is 50.3 Å². The third-order valence-corrected chi connectivity index (χ3v) is 13.9. The van der Waals surface area contributed by atoms with E-state index < -0.39 is 39.3 Å². The van der Waals surface area contributed by atoms with Crippen molar-refractivity contribution in [3.63, 3.8) is 0 Å². The summed E-state index contributed by atoms with van der Waals surface area (Å²) in [5.41, 5.74) is 9.39. The zero-order chi connectivity index (χ0) is 44.9. The number of hydrogen-bond acceptors (Lipinski definition) is 12. The van der Waals surface area contributed by atoms with E-state index in [0.29, 0.717) is 28.8 Å². The van der Waals surface area contributed by atoms with E-state index in [1.807, 2.05) is 55.5 Å².